The standard InChI is InChI=1S/C14H18ClNO2/c1-10(11-5-4-6-12(15)9-11)16-13(17)14(18)7-2-3-8-14/h4-6,9-10,18H,2-3,7-8H2,1H3,(H,16,17). The molecule has 1 unspecified atom stereocenters. The number of carbonyl (C=O) groups is 1. The molecule has 18 heavy (non-hydrogen) atoms. The van der Waals surface area contributed by atoms with Gasteiger partial charge in [-0.1, -0.05) is 23.7 Å². The van der Waals surface area contributed by atoms with Crippen molar-refractivity contribution in [2.45, 2.75) is 44.2 Å². The first-order valence-corrected chi connectivity index (χ1v) is 6.68. The lowest BCUT2D eigenvalue weighted by atomic mass is 10.00. The van der Waals surface area contributed by atoms with Crippen LogP contribution in [0.4, 0.5) is 0 Å². The largest absolute Gasteiger partial charge is 0.380 e. The second kappa shape index (κ2) is 5.29. The summed E-state index contributed by atoms with van der Waals surface area (Å²) in [5.74, 6) is -0.271. The van der Waals surface area contributed by atoms with E-state index < -0.39 is 5.60 Å². The van der Waals surface area contributed by atoms with Gasteiger partial charge in [-0.05, 0) is 50.3 Å². The van der Waals surface area contributed by atoms with E-state index in [4.69, 9.17) is 11.6 Å². The Morgan fingerprint density at radius 1 is 1.44 bits per heavy atom. The highest BCUT2D eigenvalue weighted by atomic mass is 35.5. The molecule has 1 saturated carbocycles. The summed E-state index contributed by atoms with van der Waals surface area (Å²) < 4.78 is 0. The monoisotopic (exact) mass is 267 g/mol. The average Bonchev–Trinajstić information content (AvgIpc) is 2.77. The maximum absolute atomic E-state index is 12.0. The summed E-state index contributed by atoms with van der Waals surface area (Å²) in [4.78, 5) is 12.0. The molecule has 0 saturated heterocycles. The van der Waals surface area contributed by atoms with Crippen molar-refractivity contribution in [1.82, 2.24) is 5.32 Å². The molecule has 2 N–H and O–H groups in total. The lowest BCUT2D eigenvalue weighted by Gasteiger charge is -2.24. The number of carbonyl (C=O) groups excluding carboxylic acids is 1. The van der Waals surface area contributed by atoms with Crippen LogP contribution in [0.3, 0.4) is 0 Å². The molecule has 1 aromatic carbocycles. The topological polar surface area (TPSA) is 49.3 Å². The van der Waals surface area contributed by atoms with Crippen molar-refractivity contribution in [3.63, 3.8) is 0 Å². The van der Waals surface area contributed by atoms with Gasteiger partial charge in [0.05, 0.1) is 6.04 Å². The van der Waals surface area contributed by atoms with E-state index in [1.807, 2.05) is 25.1 Å². The third-order valence-electron chi connectivity index (χ3n) is 3.55. The SMILES string of the molecule is CC(NC(=O)C1(O)CCCC1)c1cccc(Cl)c1. The van der Waals surface area contributed by atoms with Crippen molar-refractivity contribution in [3.05, 3.63) is 34.9 Å². The van der Waals surface area contributed by atoms with Crippen molar-refractivity contribution in [3.8, 4) is 0 Å². The number of amides is 1. The average molecular weight is 268 g/mol. The van der Waals surface area contributed by atoms with Crippen LogP contribution < -0.4 is 5.32 Å². The van der Waals surface area contributed by atoms with Crippen molar-refractivity contribution in [2.75, 3.05) is 0 Å². The number of hydrogen-bond acceptors (Lipinski definition) is 2. The summed E-state index contributed by atoms with van der Waals surface area (Å²) in [5, 5.41) is 13.7. The highest BCUT2D eigenvalue weighted by Crippen LogP contribution is 2.30. The number of benzene rings is 1. The van der Waals surface area contributed by atoms with Gasteiger partial charge in [0.25, 0.3) is 5.91 Å². The molecular formula is C14H18ClNO2. The molecule has 0 aromatic heterocycles. The van der Waals surface area contributed by atoms with Crippen molar-refractivity contribution in [2.24, 2.45) is 0 Å². The maximum atomic E-state index is 12.0. The van der Waals surface area contributed by atoms with Gasteiger partial charge in [0.15, 0.2) is 0 Å². The maximum Gasteiger partial charge on any atom is 0.252 e. The first-order valence-electron chi connectivity index (χ1n) is 6.30. The van der Waals surface area contributed by atoms with Crippen LogP contribution in [0.1, 0.15) is 44.2 Å². The lowest BCUT2D eigenvalue weighted by Crippen LogP contribution is -2.45. The Labute approximate surface area is 112 Å². The van der Waals surface area contributed by atoms with Crippen LogP contribution in [-0.2, 0) is 4.79 Å². The van der Waals surface area contributed by atoms with Crippen molar-refractivity contribution >= 4 is 17.5 Å². The van der Waals surface area contributed by atoms with Crippen LogP contribution in [-0.4, -0.2) is 16.6 Å². The Morgan fingerprint density at radius 2 is 2.11 bits per heavy atom. The summed E-state index contributed by atoms with van der Waals surface area (Å²) in [7, 11) is 0. The minimum absolute atomic E-state index is 0.152. The zero-order valence-electron chi connectivity index (χ0n) is 10.4. The fourth-order valence-corrected chi connectivity index (χ4v) is 2.58. The number of rotatable bonds is 3. The quantitative estimate of drug-likeness (QED) is 0.885. The van der Waals surface area contributed by atoms with Gasteiger partial charge in [-0.3, -0.25) is 4.79 Å². The first-order chi connectivity index (χ1) is 8.51. The van der Waals surface area contributed by atoms with Gasteiger partial charge in [-0.25, -0.2) is 0 Å². The van der Waals surface area contributed by atoms with Crippen LogP contribution in [0, 0.1) is 0 Å². The van der Waals surface area contributed by atoms with Crippen LogP contribution in [0.25, 0.3) is 0 Å². The Kier molecular flexibility index (Phi) is 3.93. The lowest BCUT2D eigenvalue weighted by molar-refractivity contribution is -0.139. The van der Waals surface area contributed by atoms with Crippen LogP contribution in [0.2, 0.25) is 5.02 Å². The van der Waals surface area contributed by atoms with Crippen molar-refractivity contribution < 1.29 is 9.90 Å². The fraction of sp³-hybridized carbons (Fsp3) is 0.500. The molecule has 0 bridgehead atoms. The molecule has 0 radical (unpaired) electrons. The second-order valence-electron chi connectivity index (χ2n) is 4.99. The molecule has 1 aromatic rings. The summed E-state index contributed by atoms with van der Waals surface area (Å²) in [6.45, 7) is 1.89. The zero-order valence-corrected chi connectivity index (χ0v) is 11.2. The summed E-state index contributed by atoms with van der Waals surface area (Å²) in [6, 6.07) is 7.23. The molecule has 2 rings (SSSR count). The molecule has 3 nitrogen and oxygen atoms in total. The predicted molar refractivity (Wildman–Crippen MR) is 71.4 cm³/mol. The van der Waals surface area contributed by atoms with Crippen LogP contribution in [0.15, 0.2) is 24.3 Å². The van der Waals surface area contributed by atoms with E-state index in [-0.39, 0.29) is 11.9 Å². The zero-order chi connectivity index (χ0) is 13.2. The molecule has 1 aliphatic carbocycles. The van der Waals surface area contributed by atoms with E-state index >= 15 is 0 Å². The molecule has 0 heterocycles. The Balaban J connectivity index is 2.03. The molecule has 4 heteroatoms. The van der Waals surface area contributed by atoms with E-state index in [1.54, 1.807) is 6.07 Å². The Hall–Kier alpha value is -1.06. The number of nitrogens with one attached hydrogen (secondary N) is 1. The fourth-order valence-electron chi connectivity index (χ4n) is 2.38. The van der Waals surface area contributed by atoms with E-state index in [0.717, 1.165) is 18.4 Å². The minimum Gasteiger partial charge on any atom is -0.380 e. The van der Waals surface area contributed by atoms with E-state index in [9.17, 15) is 9.90 Å². The van der Waals surface area contributed by atoms with Gasteiger partial charge in [-0.2, -0.15) is 0 Å². The van der Waals surface area contributed by atoms with Gasteiger partial charge >= 0.3 is 0 Å². The molecule has 1 amide bonds. The van der Waals surface area contributed by atoms with Crippen LogP contribution in [0.5, 0.6) is 0 Å². The predicted octanol–water partition coefficient (Wildman–Crippen LogP) is 2.82. The first kappa shape index (κ1) is 13.4. The summed E-state index contributed by atoms with van der Waals surface area (Å²) in [6.07, 6.45) is 2.94. The Bertz CT molecular complexity index is 441. The highest BCUT2D eigenvalue weighted by Gasteiger charge is 2.39. The van der Waals surface area contributed by atoms with Crippen LogP contribution >= 0.6 is 11.6 Å². The summed E-state index contributed by atoms with van der Waals surface area (Å²) in [5.41, 5.74) is -0.232. The van der Waals surface area contributed by atoms with Gasteiger partial charge in [-0.15, -0.1) is 0 Å². The molecule has 1 aliphatic rings. The summed E-state index contributed by atoms with van der Waals surface area (Å²) >= 11 is 5.92. The Morgan fingerprint density at radius 3 is 2.72 bits per heavy atom. The highest BCUT2D eigenvalue weighted by molar-refractivity contribution is 6.30. The van der Waals surface area contributed by atoms with Crippen molar-refractivity contribution in [1.29, 1.82) is 0 Å². The second-order valence-corrected chi connectivity index (χ2v) is 5.43. The molecule has 1 fully saturated rings. The molecule has 0 aliphatic heterocycles. The van der Waals surface area contributed by atoms with E-state index in [0.29, 0.717) is 17.9 Å². The smallest absolute Gasteiger partial charge is 0.252 e. The minimum atomic E-state index is -1.17. The van der Waals surface area contributed by atoms with Gasteiger partial charge in [0.1, 0.15) is 5.60 Å². The van der Waals surface area contributed by atoms with Gasteiger partial charge in [0, 0.05) is 5.02 Å². The normalized spacial score (nSPS) is 19.5. The number of hydrogen-bond donors (Lipinski definition) is 2. The van der Waals surface area contributed by atoms with Gasteiger partial charge in [0.2, 0.25) is 0 Å². The number of halogens is 1. The third-order valence-corrected chi connectivity index (χ3v) is 3.78. The molecule has 98 valence electrons. The third kappa shape index (κ3) is 2.85. The number of aliphatic hydroxyl groups is 1. The molecule has 1 atom stereocenters. The van der Waals surface area contributed by atoms with Gasteiger partial charge < -0.3 is 10.4 Å². The molecule has 0 spiro atoms. The van der Waals surface area contributed by atoms with E-state index in [1.165, 1.54) is 0 Å². The van der Waals surface area contributed by atoms with E-state index in [2.05, 4.69) is 5.32 Å². The molecular weight excluding hydrogens is 250 g/mol.